The van der Waals surface area contributed by atoms with Crippen LogP contribution >= 0.6 is 0 Å². The highest BCUT2D eigenvalue weighted by atomic mass is 19.4. The van der Waals surface area contributed by atoms with Gasteiger partial charge in [-0.2, -0.15) is 18.4 Å². The smallest absolute Gasteiger partial charge is 0.288 e. The molecule has 0 aliphatic carbocycles. The maximum absolute atomic E-state index is 13.5. The lowest BCUT2D eigenvalue weighted by atomic mass is 10.00. The van der Waals surface area contributed by atoms with E-state index in [1.54, 1.807) is 24.3 Å². The van der Waals surface area contributed by atoms with E-state index in [4.69, 9.17) is 5.26 Å². The Morgan fingerprint density at radius 3 is 2.48 bits per heavy atom. The maximum Gasteiger partial charge on any atom is 0.409 e. The standard InChI is InChI=1S/C16H12F3N3O/c17-16(18,19)15(22-6-5-14(23)21-22)13-4-3-11-7-10(9-20)1-2-12(11)8-13/h1-4,7-8,15H,5-6H2,(H,21,23). The number of amides is 1. The van der Waals surface area contributed by atoms with Crippen LogP contribution in [0, 0.1) is 11.3 Å². The van der Waals surface area contributed by atoms with E-state index in [0.717, 1.165) is 5.01 Å². The largest absolute Gasteiger partial charge is 0.409 e. The van der Waals surface area contributed by atoms with Crippen LogP contribution in [0.25, 0.3) is 10.8 Å². The number of nitrogens with zero attached hydrogens (tertiary/aromatic N) is 2. The fraction of sp³-hybridized carbons (Fsp3) is 0.250. The zero-order chi connectivity index (χ0) is 16.6. The van der Waals surface area contributed by atoms with E-state index in [-0.39, 0.29) is 18.5 Å². The van der Waals surface area contributed by atoms with Crippen LogP contribution in [0.2, 0.25) is 0 Å². The summed E-state index contributed by atoms with van der Waals surface area (Å²) in [5.41, 5.74) is 2.76. The Kier molecular flexibility index (Phi) is 3.70. The fourth-order valence-electron chi connectivity index (χ4n) is 2.74. The second kappa shape index (κ2) is 5.56. The second-order valence-corrected chi connectivity index (χ2v) is 5.36. The number of carbonyl (C=O) groups excluding carboxylic acids is 1. The number of carbonyl (C=O) groups is 1. The van der Waals surface area contributed by atoms with Gasteiger partial charge in [-0.15, -0.1) is 0 Å². The summed E-state index contributed by atoms with van der Waals surface area (Å²) in [7, 11) is 0. The van der Waals surface area contributed by atoms with Crippen LogP contribution in [0.5, 0.6) is 0 Å². The number of alkyl halides is 3. The molecule has 1 saturated heterocycles. The molecule has 4 nitrogen and oxygen atoms in total. The van der Waals surface area contributed by atoms with E-state index in [2.05, 4.69) is 5.43 Å². The van der Waals surface area contributed by atoms with Gasteiger partial charge in [-0.3, -0.25) is 10.2 Å². The van der Waals surface area contributed by atoms with Gasteiger partial charge in [0.2, 0.25) is 5.91 Å². The van der Waals surface area contributed by atoms with Gasteiger partial charge in [-0.1, -0.05) is 18.2 Å². The van der Waals surface area contributed by atoms with Crippen molar-refractivity contribution >= 4 is 16.7 Å². The van der Waals surface area contributed by atoms with E-state index >= 15 is 0 Å². The average Bonchev–Trinajstić information content (AvgIpc) is 2.91. The van der Waals surface area contributed by atoms with Gasteiger partial charge in [-0.05, 0) is 34.5 Å². The van der Waals surface area contributed by atoms with Crippen molar-refractivity contribution in [3.63, 3.8) is 0 Å². The highest BCUT2D eigenvalue weighted by Crippen LogP contribution is 2.38. The van der Waals surface area contributed by atoms with Crippen LogP contribution in [0.15, 0.2) is 36.4 Å². The van der Waals surface area contributed by atoms with Crippen molar-refractivity contribution in [2.24, 2.45) is 0 Å². The Morgan fingerprint density at radius 2 is 1.87 bits per heavy atom. The molecular formula is C16H12F3N3O. The van der Waals surface area contributed by atoms with Gasteiger partial charge < -0.3 is 0 Å². The molecule has 0 bridgehead atoms. The van der Waals surface area contributed by atoms with Gasteiger partial charge in [-0.25, -0.2) is 5.01 Å². The topological polar surface area (TPSA) is 56.1 Å². The lowest BCUT2D eigenvalue weighted by molar-refractivity contribution is -0.191. The summed E-state index contributed by atoms with van der Waals surface area (Å²) in [5.74, 6) is -0.418. The molecule has 2 aromatic rings. The van der Waals surface area contributed by atoms with Crippen LogP contribution in [0.1, 0.15) is 23.6 Å². The van der Waals surface area contributed by atoms with Gasteiger partial charge >= 0.3 is 6.18 Å². The van der Waals surface area contributed by atoms with Gasteiger partial charge in [0.25, 0.3) is 0 Å². The summed E-state index contributed by atoms with van der Waals surface area (Å²) in [6.07, 6.45) is -4.47. The molecule has 1 unspecified atom stereocenters. The Bertz CT molecular complexity index is 810. The Hall–Kier alpha value is -2.59. The molecule has 1 aliphatic heterocycles. The quantitative estimate of drug-likeness (QED) is 0.925. The summed E-state index contributed by atoms with van der Waals surface area (Å²) >= 11 is 0. The molecule has 1 atom stereocenters. The Labute approximate surface area is 130 Å². The first-order valence-corrected chi connectivity index (χ1v) is 6.95. The summed E-state index contributed by atoms with van der Waals surface area (Å²) in [6, 6.07) is 9.29. The molecule has 0 spiro atoms. The number of hydrogen-bond acceptors (Lipinski definition) is 3. The third-order valence-electron chi connectivity index (χ3n) is 3.78. The first-order chi connectivity index (χ1) is 10.9. The van der Waals surface area contributed by atoms with E-state index in [1.807, 2.05) is 6.07 Å². The summed E-state index contributed by atoms with van der Waals surface area (Å²) in [6.45, 7) is 0.00835. The molecule has 2 aromatic carbocycles. The first kappa shape index (κ1) is 15.3. The number of hydrogen-bond donors (Lipinski definition) is 1. The number of halogens is 3. The molecule has 1 fully saturated rings. The molecule has 23 heavy (non-hydrogen) atoms. The zero-order valence-electron chi connectivity index (χ0n) is 11.9. The molecule has 0 saturated carbocycles. The number of nitriles is 1. The lowest BCUT2D eigenvalue weighted by Crippen LogP contribution is -2.43. The minimum absolute atomic E-state index is 0.00835. The number of nitrogens with one attached hydrogen (secondary N) is 1. The number of hydrazine groups is 1. The first-order valence-electron chi connectivity index (χ1n) is 6.95. The van der Waals surface area contributed by atoms with Crippen molar-refractivity contribution in [2.45, 2.75) is 18.6 Å². The molecule has 0 radical (unpaired) electrons. The fourth-order valence-corrected chi connectivity index (χ4v) is 2.74. The molecule has 1 amide bonds. The normalized spacial score (nSPS) is 17.0. The lowest BCUT2D eigenvalue weighted by Gasteiger charge is -2.29. The molecule has 7 heteroatoms. The van der Waals surface area contributed by atoms with Crippen molar-refractivity contribution < 1.29 is 18.0 Å². The van der Waals surface area contributed by atoms with Crippen molar-refractivity contribution in [1.82, 2.24) is 10.4 Å². The number of benzene rings is 2. The zero-order valence-corrected chi connectivity index (χ0v) is 11.9. The maximum atomic E-state index is 13.5. The minimum atomic E-state index is -4.52. The highest BCUT2D eigenvalue weighted by molar-refractivity contribution is 5.84. The Balaban J connectivity index is 2.04. The third-order valence-corrected chi connectivity index (χ3v) is 3.78. The number of fused-ring (bicyclic) bond motifs is 1. The van der Waals surface area contributed by atoms with Crippen molar-refractivity contribution in [1.29, 1.82) is 5.26 Å². The van der Waals surface area contributed by atoms with E-state index in [1.165, 1.54) is 12.1 Å². The number of rotatable bonds is 2. The van der Waals surface area contributed by atoms with E-state index in [0.29, 0.717) is 16.3 Å². The second-order valence-electron chi connectivity index (χ2n) is 5.36. The van der Waals surface area contributed by atoms with Crippen LogP contribution in [-0.2, 0) is 4.79 Å². The van der Waals surface area contributed by atoms with Gasteiger partial charge in [0.1, 0.15) is 6.04 Å². The van der Waals surface area contributed by atoms with Gasteiger partial charge in [0.05, 0.1) is 11.6 Å². The molecule has 1 heterocycles. The van der Waals surface area contributed by atoms with Crippen LogP contribution in [0.3, 0.4) is 0 Å². The molecule has 1 aliphatic rings. The molecule has 3 rings (SSSR count). The van der Waals surface area contributed by atoms with Crippen molar-refractivity contribution in [3.8, 4) is 6.07 Å². The summed E-state index contributed by atoms with van der Waals surface area (Å²) < 4.78 is 40.4. The highest BCUT2D eigenvalue weighted by Gasteiger charge is 2.46. The summed E-state index contributed by atoms with van der Waals surface area (Å²) in [5, 5.41) is 11.1. The molecule has 1 N–H and O–H groups in total. The van der Waals surface area contributed by atoms with Crippen LogP contribution < -0.4 is 5.43 Å². The van der Waals surface area contributed by atoms with E-state index < -0.39 is 18.1 Å². The minimum Gasteiger partial charge on any atom is -0.288 e. The van der Waals surface area contributed by atoms with Crippen LogP contribution in [-0.4, -0.2) is 23.6 Å². The Morgan fingerprint density at radius 1 is 1.17 bits per heavy atom. The molecule has 118 valence electrons. The monoisotopic (exact) mass is 319 g/mol. The third kappa shape index (κ3) is 2.98. The van der Waals surface area contributed by atoms with Crippen molar-refractivity contribution in [3.05, 3.63) is 47.5 Å². The summed E-state index contributed by atoms with van der Waals surface area (Å²) in [4.78, 5) is 11.2. The average molecular weight is 319 g/mol. The SMILES string of the molecule is N#Cc1ccc2cc(C(N3CCC(=O)N3)C(F)(F)F)ccc2c1. The molecule has 0 aromatic heterocycles. The molecular weight excluding hydrogens is 307 g/mol. The van der Waals surface area contributed by atoms with Crippen LogP contribution in [0.4, 0.5) is 13.2 Å². The van der Waals surface area contributed by atoms with Crippen molar-refractivity contribution in [2.75, 3.05) is 6.54 Å². The van der Waals surface area contributed by atoms with Gasteiger partial charge in [0, 0.05) is 13.0 Å². The predicted octanol–water partition coefficient (Wildman–Crippen LogP) is 3.05. The van der Waals surface area contributed by atoms with E-state index in [9.17, 15) is 18.0 Å². The predicted molar refractivity (Wildman–Crippen MR) is 76.9 cm³/mol. The van der Waals surface area contributed by atoms with Gasteiger partial charge in [0.15, 0.2) is 0 Å².